The summed E-state index contributed by atoms with van der Waals surface area (Å²) in [5, 5.41) is 3.43. The second-order valence-electron chi connectivity index (χ2n) is 4.59. The number of anilines is 1. The molecule has 2 nitrogen and oxygen atoms in total. The van der Waals surface area contributed by atoms with Crippen LogP contribution in [0.2, 0.25) is 0 Å². The van der Waals surface area contributed by atoms with Crippen LogP contribution in [0.4, 0.5) is 10.1 Å². The summed E-state index contributed by atoms with van der Waals surface area (Å²) >= 11 is 0. The van der Waals surface area contributed by atoms with Crippen LogP contribution in [0.15, 0.2) is 24.3 Å². The maximum Gasteiger partial charge on any atom is 0.123 e. The van der Waals surface area contributed by atoms with Crippen LogP contribution in [0.1, 0.15) is 13.3 Å². The molecule has 1 fully saturated rings. The molecule has 16 heavy (non-hydrogen) atoms. The summed E-state index contributed by atoms with van der Waals surface area (Å²) in [5.74, 6) is 0.468. The number of rotatable bonds is 1. The van der Waals surface area contributed by atoms with Crippen LogP contribution < -0.4 is 10.2 Å². The third-order valence-electron chi connectivity index (χ3n) is 3.00. The van der Waals surface area contributed by atoms with Gasteiger partial charge in [-0.05, 0) is 49.7 Å². The van der Waals surface area contributed by atoms with Crippen molar-refractivity contribution in [1.29, 1.82) is 0 Å². The highest BCUT2D eigenvalue weighted by atomic mass is 19.1. The molecule has 88 valence electrons. The van der Waals surface area contributed by atoms with Gasteiger partial charge >= 0.3 is 0 Å². The zero-order valence-corrected chi connectivity index (χ0v) is 9.75. The lowest BCUT2D eigenvalue weighted by molar-refractivity contribution is 0.468. The average Bonchev–Trinajstić information content (AvgIpc) is 2.24. The van der Waals surface area contributed by atoms with Crippen molar-refractivity contribution in [1.82, 2.24) is 5.32 Å². The minimum Gasteiger partial charge on any atom is -0.371 e. The van der Waals surface area contributed by atoms with Crippen molar-refractivity contribution in [2.75, 3.05) is 31.1 Å². The molecule has 1 aliphatic heterocycles. The summed E-state index contributed by atoms with van der Waals surface area (Å²) in [6.07, 6.45) is 1.14. The summed E-state index contributed by atoms with van der Waals surface area (Å²) in [6, 6.07) is 6.82. The predicted molar refractivity (Wildman–Crippen MR) is 65.3 cm³/mol. The molecule has 2 rings (SSSR count). The van der Waals surface area contributed by atoms with Crippen molar-refractivity contribution in [3.8, 4) is 0 Å². The fourth-order valence-corrected chi connectivity index (χ4v) is 2.16. The van der Waals surface area contributed by atoms with Crippen molar-refractivity contribution in [2.45, 2.75) is 13.3 Å². The molecule has 1 aliphatic rings. The molecule has 0 aromatic heterocycles. The van der Waals surface area contributed by atoms with Crippen LogP contribution in [0.25, 0.3) is 0 Å². The number of benzene rings is 1. The van der Waals surface area contributed by atoms with Crippen molar-refractivity contribution >= 4 is 5.69 Å². The third kappa shape index (κ3) is 2.95. The highest BCUT2D eigenvalue weighted by molar-refractivity contribution is 5.46. The van der Waals surface area contributed by atoms with Crippen molar-refractivity contribution in [2.24, 2.45) is 5.92 Å². The van der Waals surface area contributed by atoms with Gasteiger partial charge in [0.2, 0.25) is 0 Å². The van der Waals surface area contributed by atoms with Crippen LogP contribution in [-0.2, 0) is 0 Å². The Kier molecular flexibility index (Phi) is 3.78. The van der Waals surface area contributed by atoms with Gasteiger partial charge in [0.05, 0.1) is 0 Å². The van der Waals surface area contributed by atoms with Gasteiger partial charge in [0.15, 0.2) is 0 Å². The van der Waals surface area contributed by atoms with Gasteiger partial charge in [-0.1, -0.05) is 6.92 Å². The molecule has 3 heteroatoms. The third-order valence-corrected chi connectivity index (χ3v) is 3.00. The minimum atomic E-state index is -0.162. The molecule has 1 aromatic rings. The molecule has 1 heterocycles. The quantitative estimate of drug-likeness (QED) is 0.784. The summed E-state index contributed by atoms with van der Waals surface area (Å²) in [4.78, 5) is 2.35. The standard InChI is InChI=1S/C13H19FN2/c1-11-9-15-7-2-8-16(10-11)13-5-3-12(14)4-6-13/h3-6,11,15H,2,7-10H2,1H3. The Labute approximate surface area is 96.5 Å². The van der Waals surface area contributed by atoms with Gasteiger partial charge in [0.1, 0.15) is 5.82 Å². The molecule has 1 saturated heterocycles. The zero-order chi connectivity index (χ0) is 11.4. The lowest BCUT2D eigenvalue weighted by Crippen LogP contribution is -2.38. The SMILES string of the molecule is CC1CNCCCN(c2ccc(F)cc2)C1. The first-order valence-corrected chi connectivity index (χ1v) is 5.97. The Morgan fingerprint density at radius 3 is 2.81 bits per heavy atom. The molecule has 0 amide bonds. The van der Waals surface area contributed by atoms with Gasteiger partial charge in [-0.25, -0.2) is 4.39 Å². The van der Waals surface area contributed by atoms with Crippen molar-refractivity contribution in [3.05, 3.63) is 30.1 Å². The molecule has 1 N–H and O–H groups in total. The topological polar surface area (TPSA) is 15.3 Å². The molecule has 0 spiro atoms. The van der Waals surface area contributed by atoms with Crippen LogP contribution in [0.3, 0.4) is 0 Å². The average molecular weight is 222 g/mol. The van der Waals surface area contributed by atoms with Crippen LogP contribution >= 0.6 is 0 Å². The van der Waals surface area contributed by atoms with E-state index in [-0.39, 0.29) is 5.82 Å². The van der Waals surface area contributed by atoms with Gasteiger partial charge in [0.25, 0.3) is 0 Å². The molecule has 1 unspecified atom stereocenters. The van der Waals surface area contributed by atoms with E-state index < -0.39 is 0 Å². The van der Waals surface area contributed by atoms with Gasteiger partial charge in [-0.15, -0.1) is 0 Å². The first kappa shape index (κ1) is 11.4. The van der Waals surface area contributed by atoms with E-state index in [1.165, 1.54) is 12.1 Å². The van der Waals surface area contributed by atoms with E-state index in [0.29, 0.717) is 5.92 Å². The number of nitrogens with one attached hydrogen (secondary N) is 1. The minimum absolute atomic E-state index is 0.162. The number of hydrogen-bond donors (Lipinski definition) is 1. The zero-order valence-electron chi connectivity index (χ0n) is 9.75. The number of nitrogens with zero attached hydrogens (tertiary/aromatic N) is 1. The smallest absolute Gasteiger partial charge is 0.123 e. The van der Waals surface area contributed by atoms with Crippen molar-refractivity contribution in [3.63, 3.8) is 0 Å². The molecule has 0 radical (unpaired) electrons. The van der Waals surface area contributed by atoms with E-state index >= 15 is 0 Å². The molecule has 0 aliphatic carbocycles. The van der Waals surface area contributed by atoms with E-state index in [2.05, 4.69) is 17.1 Å². The Morgan fingerprint density at radius 1 is 1.31 bits per heavy atom. The van der Waals surface area contributed by atoms with Crippen LogP contribution in [0.5, 0.6) is 0 Å². The molecule has 1 atom stereocenters. The first-order chi connectivity index (χ1) is 7.75. The monoisotopic (exact) mass is 222 g/mol. The second kappa shape index (κ2) is 5.30. The van der Waals surface area contributed by atoms with Crippen LogP contribution in [0, 0.1) is 11.7 Å². The summed E-state index contributed by atoms with van der Waals surface area (Å²) < 4.78 is 12.8. The predicted octanol–water partition coefficient (Wildman–Crippen LogP) is 2.26. The Hall–Kier alpha value is -1.09. The van der Waals surface area contributed by atoms with Crippen molar-refractivity contribution < 1.29 is 4.39 Å². The number of hydrogen-bond acceptors (Lipinski definition) is 2. The summed E-state index contributed by atoms with van der Waals surface area (Å²) in [5.41, 5.74) is 1.13. The largest absolute Gasteiger partial charge is 0.371 e. The van der Waals surface area contributed by atoms with Gasteiger partial charge in [0, 0.05) is 18.8 Å². The Balaban J connectivity index is 2.08. The lowest BCUT2D eigenvalue weighted by atomic mass is 10.1. The number of halogens is 1. The normalized spacial score (nSPS) is 22.6. The fourth-order valence-electron chi connectivity index (χ4n) is 2.16. The summed E-state index contributed by atoms with van der Waals surface area (Å²) in [6.45, 7) is 6.47. The lowest BCUT2D eigenvalue weighted by Gasteiger charge is -2.30. The highest BCUT2D eigenvalue weighted by Crippen LogP contribution is 2.17. The van der Waals surface area contributed by atoms with Gasteiger partial charge < -0.3 is 10.2 Å². The van der Waals surface area contributed by atoms with E-state index in [9.17, 15) is 4.39 Å². The Bertz CT molecular complexity index is 323. The summed E-state index contributed by atoms with van der Waals surface area (Å²) in [7, 11) is 0. The highest BCUT2D eigenvalue weighted by Gasteiger charge is 2.13. The second-order valence-corrected chi connectivity index (χ2v) is 4.59. The maximum atomic E-state index is 12.8. The Morgan fingerprint density at radius 2 is 2.06 bits per heavy atom. The van der Waals surface area contributed by atoms with E-state index in [0.717, 1.165) is 38.3 Å². The van der Waals surface area contributed by atoms with E-state index in [1.54, 1.807) is 0 Å². The fraction of sp³-hybridized carbons (Fsp3) is 0.538. The van der Waals surface area contributed by atoms with Gasteiger partial charge in [-0.2, -0.15) is 0 Å². The molecular formula is C13H19FN2. The van der Waals surface area contributed by atoms with E-state index in [1.807, 2.05) is 12.1 Å². The van der Waals surface area contributed by atoms with Crippen LogP contribution in [-0.4, -0.2) is 26.2 Å². The molecule has 0 bridgehead atoms. The molecular weight excluding hydrogens is 203 g/mol. The van der Waals surface area contributed by atoms with E-state index in [4.69, 9.17) is 0 Å². The van der Waals surface area contributed by atoms with Gasteiger partial charge in [-0.3, -0.25) is 0 Å². The molecule has 0 saturated carbocycles. The first-order valence-electron chi connectivity index (χ1n) is 5.97. The maximum absolute atomic E-state index is 12.8. The molecule has 1 aromatic carbocycles.